The Kier molecular flexibility index (Phi) is 5.51. The van der Waals surface area contributed by atoms with E-state index in [1.807, 2.05) is 0 Å². The van der Waals surface area contributed by atoms with Crippen molar-refractivity contribution in [2.45, 2.75) is 11.8 Å². The molecule has 0 saturated carbocycles. The van der Waals surface area contributed by atoms with E-state index in [1.165, 1.54) is 12.1 Å². The van der Waals surface area contributed by atoms with E-state index in [-0.39, 0.29) is 24.5 Å². The van der Waals surface area contributed by atoms with Crippen molar-refractivity contribution in [3.05, 3.63) is 29.8 Å². The lowest BCUT2D eigenvalue weighted by molar-refractivity contribution is 0.0692. The van der Waals surface area contributed by atoms with Crippen molar-refractivity contribution in [2.24, 2.45) is 0 Å². The van der Waals surface area contributed by atoms with E-state index in [1.54, 1.807) is 11.6 Å². The maximum Gasteiger partial charge on any atom is 0.337 e. The largest absolute Gasteiger partial charge is 0.478 e. The summed E-state index contributed by atoms with van der Waals surface area (Å²) in [6.45, 7) is 1.90. The first-order valence-corrected chi connectivity index (χ1v) is 8.51. The highest BCUT2D eigenvalue weighted by Crippen LogP contribution is 2.15. The van der Waals surface area contributed by atoms with Crippen LogP contribution in [0.4, 0.5) is 16.7 Å². The highest BCUT2D eigenvalue weighted by Gasteiger charge is 2.24. The fourth-order valence-corrected chi connectivity index (χ4v) is 2.91. The Bertz CT molecular complexity index is 948. The maximum atomic E-state index is 12.3. The maximum absolute atomic E-state index is 12.3. The van der Waals surface area contributed by atoms with Gasteiger partial charge < -0.3 is 15.6 Å². The van der Waals surface area contributed by atoms with Crippen molar-refractivity contribution < 1.29 is 27.9 Å². The number of hydrogen-bond donors (Lipinski definition) is 4. The van der Waals surface area contributed by atoms with Crippen LogP contribution in [-0.4, -0.2) is 47.1 Å². The monoisotopic (exact) mass is 382 g/mol. The molecule has 5 N–H and O–H groups in total. The van der Waals surface area contributed by atoms with Gasteiger partial charge in [-0.1, -0.05) is 12.1 Å². The lowest BCUT2D eigenvalue weighted by atomic mass is 10.2. The topological polar surface area (TPSA) is 186 Å². The molecule has 0 aliphatic rings. The van der Waals surface area contributed by atoms with Crippen molar-refractivity contribution in [1.82, 2.24) is 19.7 Å². The van der Waals surface area contributed by atoms with E-state index in [0.29, 0.717) is 0 Å². The fourth-order valence-electron chi connectivity index (χ4n) is 1.80. The molecule has 0 unspecified atom stereocenters. The molecule has 13 heteroatoms. The number of benzene rings is 1. The summed E-state index contributed by atoms with van der Waals surface area (Å²) < 4.78 is 31.2. The van der Waals surface area contributed by atoms with Crippen LogP contribution in [-0.2, 0) is 10.0 Å². The molecule has 1 heterocycles. The third kappa shape index (κ3) is 4.54. The molecule has 1 aromatic heterocycles. The number of anilines is 2. The molecule has 0 bridgehead atoms. The number of amides is 2. The summed E-state index contributed by atoms with van der Waals surface area (Å²) in [5, 5.41) is 11.1. The van der Waals surface area contributed by atoms with Gasteiger partial charge in [0.05, 0.1) is 12.2 Å². The number of carbonyl (C=O) groups is 2. The predicted molar refractivity (Wildman–Crippen MR) is 88.1 cm³/mol. The predicted octanol–water partition coefficient (Wildman–Crippen LogP) is 0.0611. The van der Waals surface area contributed by atoms with E-state index >= 15 is 0 Å². The number of carbonyl (C=O) groups excluding carboxylic acids is 1. The van der Waals surface area contributed by atoms with Gasteiger partial charge in [-0.2, -0.15) is 15.0 Å². The number of aromatic nitrogens is 3. The number of aromatic carboxylic acids is 1. The average molecular weight is 382 g/mol. The van der Waals surface area contributed by atoms with Crippen molar-refractivity contribution in [2.75, 3.05) is 17.7 Å². The fraction of sp³-hybridized carbons (Fsp3) is 0.154. The van der Waals surface area contributed by atoms with Crippen LogP contribution in [0.3, 0.4) is 0 Å². The third-order valence-corrected chi connectivity index (χ3v) is 4.15. The average Bonchev–Trinajstić information content (AvgIpc) is 2.53. The van der Waals surface area contributed by atoms with Gasteiger partial charge in [-0.25, -0.2) is 22.7 Å². The van der Waals surface area contributed by atoms with Crippen molar-refractivity contribution in [3.8, 4) is 6.01 Å². The van der Waals surface area contributed by atoms with Gasteiger partial charge in [-0.3, -0.25) is 5.32 Å². The summed E-state index contributed by atoms with van der Waals surface area (Å²) in [5.74, 6) is -2.06. The van der Waals surface area contributed by atoms with Crippen LogP contribution >= 0.6 is 0 Å². The van der Waals surface area contributed by atoms with Gasteiger partial charge >= 0.3 is 18.0 Å². The molecule has 2 aromatic rings. The number of carboxylic acids is 1. The molecule has 2 rings (SSSR count). The molecule has 0 aliphatic heterocycles. The first-order chi connectivity index (χ1) is 12.2. The number of nitrogens with one attached hydrogen (secondary N) is 2. The summed E-state index contributed by atoms with van der Waals surface area (Å²) in [4.78, 5) is 33.5. The molecular weight excluding hydrogens is 368 g/mol. The number of sulfonamides is 1. The zero-order valence-corrected chi connectivity index (χ0v) is 14.1. The van der Waals surface area contributed by atoms with Crippen LogP contribution in [0, 0.1) is 0 Å². The Morgan fingerprint density at radius 3 is 2.58 bits per heavy atom. The normalized spacial score (nSPS) is 10.8. The lowest BCUT2D eigenvalue weighted by Crippen LogP contribution is -2.35. The SMILES string of the molecule is CCOc1nc(N)nc(NC(=O)NS(=O)(=O)c2ccccc2C(=O)O)n1. The molecule has 0 saturated heterocycles. The molecule has 0 radical (unpaired) electrons. The Morgan fingerprint density at radius 2 is 1.92 bits per heavy atom. The van der Waals surface area contributed by atoms with Crippen molar-refractivity contribution in [1.29, 1.82) is 0 Å². The van der Waals surface area contributed by atoms with Crippen LogP contribution in [0.2, 0.25) is 0 Å². The summed E-state index contributed by atoms with van der Waals surface area (Å²) in [6, 6.07) is 3.43. The number of nitrogen functional groups attached to an aromatic ring is 1. The second-order valence-corrected chi connectivity index (χ2v) is 6.24. The van der Waals surface area contributed by atoms with Crippen LogP contribution < -0.4 is 20.5 Å². The van der Waals surface area contributed by atoms with Crippen molar-refractivity contribution in [3.63, 3.8) is 0 Å². The van der Waals surface area contributed by atoms with Gasteiger partial charge in [0.15, 0.2) is 0 Å². The zero-order chi connectivity index (χ0) is 19.3. The number of ether oxygens (including phenoxy) is 1. The first-order valence-electron chi connectivity index (χ1n) is 7.03. The number of nitrogens with two attached hydrogens (primary N) is 1. The number of urea groups is 1. The number of rotatable bonds is 6. The molecule has 2 amide bonds. The lowest BCUT2D eigenvalue weighted by Gasteiger charge is -2.10. The summed E-state index contributed by atoms with van der Waals surface area (Å²) in [7, 11) is -4.46. The molecule has 0 spiro atoms. The Hall–Kier alpha value is -3.48. The quantitative estimate of drug-likeness (QED) is 0.532. The Balaban J connectivity index is 2.21. The van der Waals surface area contributed by atoms with Gasteiger partial charge in [-0.05, 0) is 19.1 Å². The Labute approximate surface area is 147 Å². The van der Waals surface area contributed by atoms with E-state index in [2.05, 4.69) is 20.3 Å². The standard InChI is InChI=1S/C13H14N6O6S/c1-2-25-13-16-10(14)15-11(18-13)17-12(22)19-26(23,24)8-6-4-3-5-7(8)9(20)21/h3-6H,2H2,1H3,(H,20,21)(H4,14,15,16,17,18,19,22). The molecule has 26 heavy (non-hydrogen) atoms. The molecule has 12 nitrogen and oxygen atoms in total. The molecule has 0 fully saturated rings. The highest BCUT2D eigenvalue weighted by atomic mass is 32.2. The van der Waals surface area contributed by atoms with E-state index in [9.17, 15) is 18.0 Å². The summed E-state index contributed by atoms with van der Waals surface area (Å²) in [6.07, 6.45) is 0. The van der Waals surface area contributed by atoms with E-state index in [4.69, 9.17) is 15.6 Å². The van der Waals surface area contributed by atoms with Crippen LogP contribution in [0.15, 0.2) is 29.2 Å². The van der Waals surface area contributed by atoms with E-state index in [0.717, 1.165) is 12.1 Å². The first kappa shape index (κ1) is 18.9. The third-order valence-electron chi connectivity index (χ3n) is 2.77. The minimum atomic E-state index is -4.46. The molecular formula is C13H14N6O6S. The van der Waals surface area contributed by atoms with Gasteiger partial charge in [0.1, 0.15) is 4.90 Å². The summed E-state index contributed by atoms with van der Waals surface area (Å²) in [5.41, 5.74) is 4.95. The van der Waals surface area contributed by atoms with Crippen molar-refractivity contribution >= 4 is 33.9 Å². The van der Waals surface area contributed by atoms with E-state index < -0.39 is 32.5 Å². The van der Waals surface area contributed by atoms with Gasteiger partial charge in [0.25, 0.3) is 10.0 Å². The minimum absolute atomic E-state index is 0.158. The van der Waals surface area contributed by atoms with Gasteiger partial charge in [-0.15, -0.1) is 0 Å². The second-order valence-electron chi connectivity index (χ2n) is 4.59. The summed E-state index contributed by atoms with van der Waals surface area (Å²) >= 11 is 0. The second kappa shape index (κ2) is 7.60. The van der Waals surface area contributed by atoms with Gasteiger partial charge in [0, 0.05) is 0 Å². The van der Waals surface area contributed by atoms with Crippen LogP contribution in [0.5, 0.6) is 6.01 Å². The highest BCUT2D eigenvalue weighted by molar-refractivity contribution is 7.90. The number of nitrogens with zero attached hydrogens (tertiary/aromatic N) is 3. The molecule has 138 valence electrons. The Morgan fingerprint density at radius 1 is 1.23 bits per heavy atom. The smallest absolute Gasteiger partial charge is 0.337 e. The van der Waals surface area contributed by atoms with Crippen LogP contribution in [0.25, 0.3) is 0 Å². The van der Waals surface area contributed by atoms with Crippen LogP contribution in [0.1, 0.15) is 17.3 Å². The minimum Gasteiger partial charge on any atom is -0.478 e. The zero-order valence-electron chi connectivity index (χ0n) is 13.3. The number of hydrogen-bond acceptors (Lipinski definition) is 9. The van der Waals surface area contributed by atoms with Gasteiger partial charge in [0.2, 0.25) is 11.9 Å². The molecule has 0 aliphatic carbocycles. The molecule has 1 aromatic carbocycles. The molecule has 0 atom stereocenters. The number of carboxylic acid groups (broad SMARTS) is 1.